The van der Waals surface area contributed by atoms with Crippen molar-refractivity contribution in [3.8, 4) is 0 Å². The molecule has 2 bridgehead atoms. The normalized spacial score (nSPS) is 26.9. The highest BCUT2D eigenvalue weighted by Gasteiger charge is 2.50. The summed E-state index contributed by atoms with van der Waals surface area (Å²) in [5, 5.41) is 15.2. The van der Waals surface area contributed by atoms with E-state index < -0.39 is 24.3 Å². The SMILES string of the molecule is COC(=O)[C@H](Cc1ccccc1)NC(=O)NCc1ccc([C@H]2O[C@@H](CN3CC4(C)CC3CC(C)(C)C4)C[C@@H](c3ccc(CO)cc3)O2)cc1. The summed E-state index contributed by atoms with van der Waals surface area (Å²) in [6.07, 6.45) is 4.12. The van der Waals surface area contributed by atoms with E-state index in [1.807, 2.05) is 78.9 Å². The fraction of sp³-hybridized carbons (Fsp3) is 0.500. The number of rotatable bonds is 11. The summed E-state index contributed by atoms with van der Waals surface area (Å²) in [7, 11) is 1.32. The van der Waals surface area contributed by atoms with Crippen LogP contribution in [0.4, 0.5) is 4.79 Å². The largest absolute Gasteiger partial charge is 0.467 e. The van der Waals surface area contributed by atoms with Crippen LogP contribution in [0.15, 0.2) is 78.9 Å². The van der Waals surface area contributed by atoms with Crippen LogP contribution in [0.3, 0.4) is 0 Å². The van der Waals surface area contributed by atoms with Gasteiger partial charge in [-0.1, -0.05) is 99.6 Å². The average Bonchev–Trinajstić information content (AvgIpc) is 3.33. The molecule has 2 unspecified atom stereocenters. The van der Waals surface area contributed by atoms with Crippen molar-refractivity contribution in [3.63, 3.8) is 0 Å². The van der Waals surface area contributed by atoms with E-state index in [2.05, 4.69) is 36.3 Å². The van der Waals surface area contributed by atoms with Gasteiger partial charge in [0.2, 0.25) is 0 Å². The van der Waals surface area contributed by atoms with E-state index in [1.165, 1.54) is 26.4 Å². The number of hydrogen-bond donors (Lipinski definition) is 3. The minimum atomic E-state index is -0.800. The van der Waals surface area contributed by atoms with E-state index in [-0.39, 0.29) is 25.4 Å². The van der Waals surface area contributed by atoms with Crippen molar-refractivity contribution in [2.45, 2.75) is 96.6 Å². The minimum absolute atomic E-state index is 0.00369. The molecule has 2 saturated heterocycles. The minimum Gasteiger partial charge on any atom is -0.467 e. The zero-order valence-electron chi connectivity index (χ0n) is 29.2. The zero-order chi connectivity index (χ0) is 34.6. The number of benzene rings is 3. The number of aliphatic hydroxyl groups excluding tert-OH is 1. The maximum atomic E-state index is 12.8. The molecule has 0 spiro atoms. The molecular weight excluding hydrogens is 618 g/mol. The van der Waals surface area contributed by atoms with Crippen LogP contribution in [0.5, 0.6) is 0 Å². The molecule has 9 heteroatoms. The highest BCUT2D eigenvalue weighted by atomic mass is 16.7. The van der Waals surface area contributed by atoms with Gasteiger partial charge in [0.25, 0.3) is 0 Å². The van der Waals surface area contributed by atoms with Crippen LogP contribution in [0.25, 0.3) is 0 Å². The summed E-state index contributed by atoms with van der Waals surface area (Å²) >= 11 is 0. The molecule has 3 aliphatic rings. The number of esters is 1. The quantitative estimate of drug-likeness (QED) is 0.209. The summed E-state index contributed by atoms with van der Waals surface area (Å²) < 4.78 is 18.2. The smallest absolute Gasteiger partial charge is 0.328 e. The molecule has 1 aliphatic carbocycles. The van der Waals surface area contributed by atoms with Gasteiger partial charge < -0.3 is 30.0 Å². The first-order valence-corrected chi connectivity index (χ1v) is 17.5. The molecule has 2 amide bonds. The van der Waals surface area contributed by atoms with Crippen LogP contribution in [0.1, 0.15) is 86.7 Å². The number of aliphatic hydroxyl groups is 1. The van der Waals surface area contributed by atoms with Crippen molar-refractivity contribution < 1.29 is 28.9 Å². The topological polar surface area (TPSA) is 109 Å². The molecular formula is C40H51N3O6. The number of carbonyl (C=O) groups excluding carboxylic acids is 2. The van der Waals surface area contributed by atoms with Gasteiger partial charge >= 0.3 is 12.0 Å². The highest BCUT2D eigenvalue weighted by Crippen LogP contribution is 2.53. The third-order valence-corrected chi connectivity index (χ3v) is 10.4. The first-order valence-electron chi connectivity index (χ1n) is 17.5. The zero-order valence-corrected chi connectivity index (χ0v) is 29.2. The third-order valence-electron chi connectivity index (χ3n) is 10.4. The second kappa shape index (κ2) is 15.0. The van der Waals surface area contributed by atoms with Gasteiger partial charge in [-0.2, -0.15) is 0 Å². The maximum Gasteiger partial charge on any atom is 0.328 e. The first-order chi connectivity index (χ1) is 23.5. The van der Waals surface area contributed by atoms with Crippen molar-refractivity contribution in [2.75, 3.05) is 20.2 Å². The number of nitrogens with zero attached hydrogens (tertiary/aromatic N) is 1. The van der Waals surface area contributed by atoms with E-state index in [9.17, 15) is 14.7 Å². The molecule has 262 valence electrons. The predicted molar refractivity (Wildman–Crippen MR) is 187 cm³/mol. The molecule has 6 atom stereocenters. The summed E-state index contributed by atoms with van der Waals surface area (Å²) in [4.78, 5) is 27.8. The van der Waals surface area contributed by atoms with Crippen molar-refractivity contribution in [3.05, 3.63) is 107 Å². The molecule has 3 aromatic rings. The Hall–Kier alpha value is -3.76. The number of fused-ring (bicyclic) bond motifs is 2. The van der Waals surface area contributed by atoms with Crippen LogP contribution in [-0.2, 0) is 38.6 Å². The van der Waals surface area contributed by atoms with Gasteiger partial charge in [-0.25, -0.2) is 9.59 Å². The Morgan fingerprint density at radius 1 is 0.918 bits per heavy atom. The molecule has 0 radical (unpaired) electrons. The van der Waals surface area contributed by atoms with Crippen LogP contribution in [-0.4, -0.2) is 60.4 Å². The number of likely N-dealkylation sites (tertiary alicyclic amines) is 1. The molecule has 3 N–H and O–H groups in total. The summed E-state index contributed by atoms with van der Waals surface area (Å²) in [5.41, 5.74) is 5.39. The lowest BCUT2D eigenvalue weighted by molar-refractivity contribution is -0.253. The summed E-state index contributed by atoms with van der Waals surface area (Å²) in [5.74, 6) is -0.498. The number of nitrogens with one attached hydrogen (secondary N) is 2. The van der Waals surface area contributed by atoms with Crippen LogP contribution < -0.4 is 10.6 Å². The van der Waals surface area contributed by atoms with E-state index in [4.69, 9.17) is 14.2 Å². The predicted octanol–water partition coefficient (Wildman–Crippen LogP) is 6.21. The van der Waals surface area contributed by atoms with Crippen molar-refractivity contribution in [1.82, 2.24) is 15.5 Å². The Labute approximate surface area is 290 Å². The van der Waals surface area contributed by atoms with E-state index >= 15 is 0 Å². The monoisotopic (exact) mass is 669 g/mol. The standard InChI is InChI=1S/C40H51N3O6/c1-39(2)20-32-21-40(3,25-39)26-43(32)23-33-19-35(30-14-12-29(24-44)13-15-30)49-37(48-33)31-16-10-28(11-17-31)22-41-38(46)42-34(36(45)47-4)18-27-8-6-5-7-9-27/h5-17,32-35,37,44H,18-26H2,1-4H3,(H2,41,42,46)/t32?,33-,34+,35+,37+,40?/m1/s1. The van der Waals surface area contributed by atoms with Gasteiger partial charge in [0.1, 0.15) is 6.04 Å². The Balaban J connectivity index is 1.10. The number of hydrogen-bond acceptors (Lipinski definition) is 7. The lowest BCUT2D eigenvalue weighted by atomic mass is 9.65. The second-order valence-corrected chi connectivity index (χ2v) is 15.3. The molecule has 1 saturated carbocycles. The maximum absolute atomic E-state index is 12.8. The van der Waals surface area contributed by atoms with Gasteiger partial charge in [0.05, 0.1) is 25.9 Å². The van der Waals surface area contributed by atoms with Crippen LogP contribution >= 0.6 is 0 Å². The Kier molecular flexibility index (Phi) is 10.7. The number of amides is 2. The van der Waals surface area contributed by atoms with Gasteiger partial charge in [-0.15, -0.1) is 0 Å². The van der Waals surface area contributed by atoms with Gasteiger partial charge in [-0.05, 0) is 52.3 Å². The first kappa shape index (κ1) is 35.1. The summed E-state index contributed by atoms with van der Waals surface area (Å²) in [6.45, 7) is 9.52. The Morgan fingerprint density at radius 3 is 2.31 bits per heavy atom. The fourth-order valence-electron chi connectivity index (χ4n) is 8.45. The van der Waals surface area contributed by atoms with E-state index in [0.717, 1.165) is 47.3 Å². The number of methoxy groups -OCH3 is 1. The molecule has 0 aromatic heterocycles. The molecule has 6 rings (SSSR count). The van der Waals surface area contributed by atoms with Gasteiger partial charge in [0.15, 0.2) is 6.29 Å². The van der Waals surface area contributed by atoms with E-state index in [1.54, 1.807) is 0 Å². The van der Waals surface area contributed by atoms with Crippen LogP contribution in [0, 0.1) is 10.8 Å². The van der Waals surface area contributed by atoms with Crippen molar-refractivity contribution >= 4 is 12.0 Å². The molecule has 3 aromatic carbocycles. The Morgan fingerprint density at radius 2 is 1.61 bits per heavy atom. The average molecular weight is 670 g/mol. The third kappa shape index (κ3) is 8.89. The fourth-order valence-corrected chi connectivity index (χ4v) is 8.45. The number of carbonyl (C=O) groups is 2. The number of urea groups is 1. The van der Waals surface area contributed by atoms with Gasteiger partial charge in [-0.3, -0.25) is 4.90 Å². The second-order valence-electron chi connectivity index (χ2n) is 15.3. The van der Waals surface area contributed by atoms with Crippen molar-refractivity contribution in [1.29, 1.82) is 0 Å². The van der Waals surface area contributed by atoms with Gasteiger partial charge in [0, 0.05) is 44.1 Å². The molecule has 3 fully saturated rings. The molecule has 2 heterocycles. The number of ether oxygens (including phenoxy) is 3. The lowest BCUT2D eigenvalue weighted by Gasteiger charge is -2.41. The Bertz CT molecular complexity index is 1560. The highest BCUT2D eigenvalue weighted by molar-refractivity contribution is 5.83. The van der Waals surface area contributed by atoms with E-state index in [0.29, 0.717) is 23.3 Å². The lowest BCUT2D eigenvalue weighted by Crippen LogP contribution is -2.47. The van der Waals surface area contributed by atoms with Crippen LogP contribution in [0.2, 0.25) is 0 Å². The molecule has 49 heavy (non-hydrogen) atoms. The molecule has 2 aliphatic heterocycles. The summed E-state index contributed by atoms with van der Waals surface area (Å²) in [6, 6.07) is 24.8. The van der Waals surface area contributed by atoms with Crippen molar-refractivity contribution in [2.24, 2.45) is 10.8 Å². The molecule has 9 nitrogen and oxygen atoms in total.